The number of nitrogens with one attached hydrogen (secondary N) is 1. The molecule has 0 radical (unpaired) electrons. The van der Waals surface area contributed by atoms with E-state index in [0.29, 0.717) is 17.7 Å². The van der Waals surface area contributed by atoms with Gasteiger partial charge in [0.25, 0.3) is 0 Å². The number of ether oxygens (including phenoxy) is 1. The van der Waals surface area contributed by atoms with Gasteiger partial charge in [0.2, 0.25) is 5.91 Å². The highest BCUT2D eigenvalue weighted by Gasteiger charge is 2.41. The third kappa shape index (κ3) is 3.96. The molecule has 1 aliphatic rings. The van der Waals surface area contributed by atoms with Crippen LogP contribution in [0.15, 0.2) is 54.3 Å². The smallest absolute Gasteiger partial charge is 0.338 e. The molecule has 1 aliphatic heterocycles. The highest BCUT2D eigenvalue weighted by atomic mass is 16.5. The highest BCUT2D eigenvalue weighted by Crippen LogP contribution is 2.34. The van der Waals surface area contributed by atoms with Crippen LogP contribution >= 0.6 is 0 Å². The second kappa shape index (κ2) is 8.28. The van der Waals surface area contributed by atoms with Gasteiger partial charge in [-0.2, -0.15) is 0 Å². The Morgan fingerprint density at radius 2 is 2.00 bits per heavy atom. The first-order chi connectivity index (χ1) is 12.0. The standard InChI is InChI=1S/C19H22N2O4/c1-4-6-12-15(22)21-17(14-10-8-7-9-11-14)16(18(23)25-5-2)13(3)20-19(21)24/h4,7-11,17H,1,5-6,12H2,2-3H3,(H,20,24). The van der Waals surface area contributed by atoms with Crippen LogP contribution in [0.25, 0.3) is 0 Å². The number of amides is 3. The summed E-state index contributed by atoms with van der Waals surface area (Å²) in [6.07, 6.45) is 2.20. The third-order valence-corrected chi connectivity index (χ3v) is 3.89. The van der Waals surface area contributed by atoms with Crippen LogP contribution in [0.4, 0.5) is 4.79 Å². The van der Waals surface area contributed by atoms with Crippen LogP contribution in [-0.2, 0) is 14.3 Å². The zero-order valence-corrected chi connectivity index (χ0v) is 14.5. The van der Waals surface area contributed by atoms with Crippen molar-refractivity contribution in [3.05, 3.63) is 59.8 Å². The van der Waals surface area contributed by atoms with E-state index in [2.05, 4.69) is 11.9 Å². The second-order valence-electron chi connectivity index (χ2n) is 5.59. The Bertz CT molecular complexity index is 709. The van der Waals surface area contributed by atoms with Gasteiger partial charge in [-0.05, 0) is 25.8 Å². The van der Waals surface area contributed by atoms with E-state index in [0.717, 1.165) is 4.90 Å². The Labute approximate surface area is 147 Å². The van der Waals surface area contributed by atoms with Gasteiger partial charge in [0.1, 0.15) is 6.04 Å². The lowest BCUT2D eigenvalue weighted by atomic mass is 9.93. The summed E-state index contributed by atoms with van der Waals surface area (Å²) in [5.41, 5.74) is 1.33. The van der Waals surface area contributed by atoms with Crippen molar-refractivity contribution in [2.24, 2.45) is 0 Å². The first-order valence-corrected chi connectivity index (χ1v) is 8.18. The second-order valence-corrected chi connectivity index (χ2v) is 5.59. The number of nitrogens with zero attached hydrogens (tertiary/aromatic N) is 1. The van der Waals surface area contributed by atoms with E-state index in [1.807, 2.05) is 6.07 Å². The van der Waals surface area contributed by atoms with Gasteiger partial charge in [0.05, 0.1) is 12.2 Å². The topological polar surface area (TPSA) is 75.7 Å². The molecule has 25 heavy (non-hydrogen) atoms. The van der Waals surface area contributed by atoms with E-state index in [1.54, 1.807) is 44.2 Å². The van der Waals surface area contributed by atoms with Gasteiger partial charge in [-0.15, -0.1) is 6.58 Å². The lowest BCUT2D eigenvalue weighted by Gasteiger charge is -2.36. The fourth-order valence-electron chi connectivity index (χ4n) is 2.77. The Kier molecular flexibility index (Phi) is 6.11. The maximum Gasteiger partial charge on any atom is 0.338 e. The van der Waals surface area contributed by atoms with Crippen molar-refractivity contribution in [1.82, 2.24) is 10.2 Å². The number of urea groups is 1. The number of carbonyl (C=O) groups excluding carboxylic acids is 3. The van der Waals surface area contributed by atoms with E-state index >= 15 is 0 Å². The van der Waals surface area contributed by atoms with Gasteiger partial charge in [-0.1, -0.05) is 36.4 Å². The molecular weight excluding hydrogens is 320 g/mol. The van der Waals surface area contributed by atoms with Crippen LogP contribution in [0.2, 0.25) is 0 Å². The minimum absolute atomic E-state index is 0.134. The minimum atomic E-state index is -0.814. The molecule has 3 amide bonds. The third-order valence-electron chi connectivity index (χ3n) is 3.89. The van der Waals surface area contributed by atoms with Crippen LogP contribution in [0.5, 0.6) is 0 Å². The molecule has 1 atom stereocenters. The Hall–Kier alpha value is -2.89. The molecular formula is C19H22N2O4. The molecule has 0 saturated carbocycles. The summed E-state index contributed by atoms with van der Waals surface area (Å²) in [6, 6.07) is 7.63. The lowest BCUT2D eigenvalue weighted by Crippen LogP contribution is -2.51. The molecule has 0 aromatic heterocycles. The molecule has 6 heteroatoms. The van der Waals surface area contributed by atoms with Gasteiger partial charge in [-0.3, -0.25) is 9.69 Å². The average Bonchev–Trinajstić information content (AvgIpc) is 2.59. The van der Waals surface area contributed by atoms with E-state index in [4.69, 9.17) is 4.74 Å². The zero-order valence-electron chi connectivity index (χ0n) is 14.5. The quantitative estimate of drug-likeness (QED) is 0.637. The van der Waals surface area contributed by atoms with Crippen LogP contribution < -0.4 is 5.32 Å². The van der Waals surface area contributed by atoms with Gasteiger partial charge in [0, 0.05) is 12.1 Å². The molecule has 0 spiro atoms. The molecule has 0 aliphatic carbocycles. The molecule has 1 heterocycles. The number of esters is 1. The van der Waals surface area contributed by atoms with Gasteiger partial charge in [0.15, 0.2) is 0 Å². The largest absolute Gasteiger partial charge is 0.463 e. The molecule has 0 bridgehead atoms. The fourth-order valence-corrected chi connectivity index (χ4v) is 2.77. The van der Waals surface area contributed by atoms with Crippen molar-refractivity contribution < 1.29 is 19.1 Å². The predicted molar refractivity (Wildman–Crippen MR) is 93.3 cm³/mol. The number of allylic oxidation sites excluding steroid dienone is 2. The summed E-state index contributed by atoms with van der Waals surface area (Å²) in [7, 11) is 0. The highest BCUT2D eigenvalue weighted by molar-refractivity contribution is 6.02. The van der Waals surface area contributed by atoms with Gasteiger partial charge in [-0.25, -0.2) is 9.59 Å². The summed E-state index contributed by atoms with van der Waals surface area (Å²) in [4.78, 5) is 38.7. The van der Waals surface area contributed by atoms with E-state index in [9.17, 15) is 14.4 Å². The maximum atomic E-state index is 12.6. The van der Waals surface area contributed by atoms with E-state index in [1.165, 1.54) is 0 Å². The maximum absolute atomic E-state index is 12.6. The molecule has 1 N–H and O–H groups in total. The van der Waals surface area contributed by atoms with Crippen LogP contribution in [0.1, 0.15) is 38.3 Å². The van der Waals surface area contributed by atoms with Gasteiger partial charge < -0.3 is 10.1 Å². The zero-order chi connectivity index (χ0) is 18.4. The lowest BCUT2D eigenvalue weighted by molar-refractivity contribution is -0.140. The first kappa shape index (κ1) is 18.4. The molecule has 0 saturated heterocycles. The summed E-state index contributed by atoms with van der Waals surface area (Å²) in [5.74, 6) is -0.920. The number of rotatable bonds is 6. The van der Waals surface area contributed by atoms with Crippen molar-refractivity contribution >= 4 is 17.9 Å². The Balaban J connectivity index is 2.54. The summed E-state index contributed by atoms with van der Waals surface area (Å²) in [6.45, 7) is 7.14. The number of hydrogen-bond acceptors (Lipinski definition) is 4. The molecule has 1 aromatic carbocycles. The van der Waals surface area contributed by atoms with E-state index in [-0.39, 0.29) is 24.5 Å². The Morgan fingerprint density at radius 3 is 2.60 bits per heavy atom. The number of benzene rings is 1. The van der Waals surface area contributed by atoms with Gasteiger partial charge >= 0.3 is 12.0 Å². The van der Waals surface area contributed by atoms with Crippen LogP contribution in [0, 0.1) is 0 Å². The van der Waals surface area contributed by atoms with Crippen molar-refractivity contribution in [1.29, 1.82) is 0 Å². The monoisotopic (exact) mass is 342 g/mol. The van der Waals surface area contributed by atoms with Crippen molar-refractivity contribution in [2.45, 2.75) is 32.7 Å². The number of imide groups is 1. The fraction of sp³-hybridized carbons (Fsp3) is 0.316. The Morgan fingerprint density at radius 1 is 1.32 bits per heavy atom. The number of hydrogen-bond donors (Lipinski definition) is 1. The molecule has 0 fully saturated rings. The molecule has 1 aromatic rings. The minimum Gasteiger partial charge on any atom is -0.463 e. The molecule has 6 nitrogen and oxygen atoms in total. The number of carbonyl (C=O) groups is 3. The average molecular weight is 342 g/mol. The van der Waals surface area contributed by atoms with Crippen molar-refractivity contribution in [3.63, 3.8) is 0 Å². The predicted octanol–water partition coefficient (Wildman–Crippen LogP) is 3.08. The molecule has 2 rings (SSSR count). The van der Waals surface area contributed by atoms with Crippen LogP contribution in [0.3, 0.4) is 0 Å². The van der Waals surface area contributed by atoms with Crippen molar-refractivity contribution in [2.75, 3.05) is 6.61 Å². The summed E-state index contributed by atoms with van der Waals surface area (Å²) in [5, 5.41) is 2.59. The van der Waals surface area contributed by atoms with E-state index < -0.39 is 18.0 Å². The van der Waals surface area contributed by atoms with Crippen LogP contribution in [-0.4, -0.2) is 29.4 Å². The van der Waals surface area contributed by atoms with Crippen molar-refractivity contribution in [3.8, 4) is 0 Å². The normalized spacial score (nSPS) is 17.1. The molecule has 1 unspecified atom stereocenters. The summed E-state index contributed by atoms with van der Waals surface area (Å²) >= 11 is 0. The first-order valence-electron chi connectivity index (χ1n) is 8.18. The summed E-state index contributed by atoms with van der Waals surface area (Å²) < 4.78 is 5.15. The molecule has 132 valence electrons. The SMILES string of the molecule is C=CCCC(=O)N1C(=O)NC(C)=C(C(=O)OCC)C1c1ccccc1.